The number of hydrogen-bond donors (Lipinski definition) is 1. The van der Waals surface area contributed by atoms with Crippen molar-refractivity contribution in [1.29, 1.82) is 0 Å². The summed E-state index contributed by atoms with van der Waals surface area (Å²) in [5.41, 5.74) is 1.08. The molecule has 84 valence electrons. The molecule has 0 bridgehead atoms. The van der Waals surface area contributed by atoms with Crippen molar-refractivity contribution in [1.82, 2.24) is 4.90 Å². The van der Waals surface area contributed by atoms with Gasteiger partial charge in [0.05, 0.1) is 4.90 Å². The van der Waals surface area contributed by atoms with Gasteiger partial charge in [0, 0.05) is 18.7 Å². The third-order valence-electron chi connectivity index (χ3n) is 2.05. The van der Waals surface area contributed by atoms with E-state index in [-0.39, 0.29) is 0 Å². The van der Waals surface area contributed by atoms with Crippen LogP contribution in [0.15, 0.2) is 29.2 Å². The molecule has 0 aliphatic rings. The van der Waals surface area contributed by atoms with Gasteiger partial charge in [0.2, 0.25) is 0 Å². The van der Waals surface area contributed by atoms with E-state index in [2.05, 4.69) is 12.6 Å². The van der Waals surface area contributed by atoms with Crippen molar-refractivity contribution >= 4 is 22.5 Å². The third-order valence-corrected chi connectivity index (χ3v) is 3.66. The van der Waals surface area contributed by atoms with Gasteiger partial charge in [-0.15, -0.1) is 0 Å². The molecule has 0 aromatic heterocycles. The van der Waals surface area contributed by atoms with Crippen LogP contribution >= 0.6 is 12.6 Å². The second-order valence-corrected chi connectivity index (χ2v) is 5.87. The molecule has 0 fully saturated rings. The Hall–Kier alpha value is -0.520. The molecule has 0 radical (unpaired) electrons. The predicted octanol–water partition coefficient (Wildman–Crippen LogP) is 1.41. The maximum absolute atomic E-state index is 11.2. The van der Waals surface area contributed by atoms with Crippen molar-refractivity contribution in [2.45, 2.75) is 11.4 Å². The van der Waals surface area contributed by atoms with E-state index >= 15 is 0 Å². The number of benzene rings is 1. The molecule has 1 aromatic carbocycles. The first kappa shape index (κ1) is 12.5. The first-order valence-corrected chi connectivity index (χ1v) is 7.04. The van der Waals surface area contributed by atoms with Gasteiger partial charge in [-0.1, -0.05) is 12.1 Å². The smallest absolute Gasteiger partial charge is 0.175 e. The summed E-state index contributed by atoms with van der Waals surface area (Å²) in [4.78, 5) is 2.39. The largest absolute Gasteiger partial charge is 0.293 e. The van der Waals surface area contributed by atoms with Crippen LogP contribution in [0.25, 0.3) is 0 Å². The Morgan fingerprint density at radius 2 is 1.80 bits per heavy atom. The molecule has 0 aliphatic heterocycles. The minimum Gasteiger partial charge on any atom is -0.293 e. The lowest BCUT2D eigenvalue weighted by Gasteiger charge is -2.13. The Kier molecular flexibility index (Phi) is 4.19. The minimum atomic E-state index is -3.08. The summed E-state index contributed by atoms with van der Waals surface area (Å²) in [6, 6.07) is 6.93. The molecule has 0 saturated carbocycles. The molecule has 0 heterocycles. The van der Waals surface area contributed by atoms with Gasteiger partial charge < -0.3 is 0 Å². The summed E-state index contributed by atoms with van der Waals surface area (Å²) < 4.78 is 22.4. The SMILES string of the molecule is CN(CS)Cc1ccc(S(C)(=O)=O)cc1. The fourth-order valence-electron chi connectivity index (χ4n) is 1.20. The normalized spacial score (nSPS) is 12.0. The number of sulfone groups is 1. The lowest BCUT2D eigenvalue weighted by atomic mass is 10.2. The highest BCUT2D eigenvalue weighted by molar-refractivity contribution is 7.90. The summed E-state index contributed by atoms with van der Waals surface area (Å²) in [5.74, 6) is 0.674. The Bertz CT molecular complexity index is 412. The highest BCUT2D eigenvalue weighted by Crippen LogP contribution is 2.11. The molecule has 0 amide bonds. The van der Waals surface area contributed by atoms with E-state index in [4.69, 9.17) is 0 Å². The molecule has 0 unspecified atom stereocenters. The van der Waals surface area contributed by atoms with Crippen LogP contribution in [0, 0.1) is 0 Å². The summed E-state index contributed by atoms with van der Waals surface area (Å²) in [5, 5.41) is 0. The molecule has 0 aliphatic carbocycles. The first-order chi connectivity index (χ1) is 6.93. The first-order valence-electron chi connectivity index (χ1n) is 4.52. The second kappa shape index (κ2) is 5.01. The summed E-state index contributed by atoms with van der Waals surface area (Å²) in [7, 11) is -1.13. The van der Waals surface area contributed by atoms with Crippen LogP contribution in [0.5, 0.6) is 0 Å². The molecule has 0 atom stereocenters. The van der Waals surface area contributed by atoms with E-state index in [1.807, 2.05) is 24.1 Å². The van der Waals surface area contributed by atoms with Gasteiger partial charge in [-0.3, -0.25) is 4.90 Å². The average molecular weight is 245 g/mol. The van der Waals surface area contributed by atoms with Crippen LogP contribution in [-0.2, 0) is 16.4 Å². The molecule has 3 nitrogen and oxygen atoms in total. The second-order valence-electron chi connectivity index (χ2n) is 3.57. The summed E-state index contributed by atoms with van der Waals surface area (Å²) in [6.45, 7) is 0.771. The van der Waals surface area contributed by atoms with Gasteiger partial charge in [0.1, 0.15) is 0 Å². The fourth-order valence-corrected chi connectivity index (χ4v) is 1.93. The van der Waals surface area contributed by atoms with E-state index in [1.165, 1.54) is 6.26 Å². The topological polar surface area (TPSA) is 37.4 Å². The zero-order valence-corrected chi connectivity index (χ0v) is 10.6. The Labute approximate surface area is 96.4 Å². The Morgan fingerprint density at radius 3 is 2.20 bits per heavy atom. The molecule has 1 rings (SSSR count). The van der Waals surface area contributed by atoms with Crippen molar-refractivity contribution < 1.29 is 8.42 Å². The van der Waals surface area contributed by atoms with Gasteiger partial charge in [-0.05, 0) is 24.7 Å². The van der Waals surface area contributed by atoms with Crippen molar-refractivity contribution in [2.24, 2.45) is 0 Å². The summed E-state index contributed by atoms with van der Waals surface area (Å²) in [6.07, 6.45) is 1.21. The molecule has 1 aromatic rings. The van der Waals surface area contributed by atoms with Crippen LogP contribution in [0.4, 0.5) is 0 Å². The van der Waals surface area contributed by atoms with E-state index in [1.54, 1.807) is 12.1 Å². The molecular weight excluding hydrogens is 230 g/mol. The lowest BCUT2D eigenvalue weighted by Crippen LogP contribution is -2.15. The van der Waals surface area contributed by atoms with Crippen LogP contribution in [0.3, 0.4) is 0 Å². The maximum Gasteiger partial charge on any atom is 0.175 e. The van der Waals surface area contributed by atoms with Gasteiger partial charge in [0.15, 0.2) is 9.84 Å². The number of hydrogen-bond acceptors (Lipinski definition) is 4. The molecule has 15 heavy (non-hydrogen) atoms. The van der Waals surface area contributed by atoms with Gasteiger partial charge in [0.25, 0.3) is 0 Å². The Morgan fingerprint density at radius 1 is 1.27 bits per heavy atom. The fraction of sp³-hybridized carbons (Fsp3) is 0.400. The van der Waals surface area contributed by atoms with Crippen LogP contribution in [0.1, 0.15) is 5.56 Å². The zero-order valence-electron chi connectivity index (χ0n) is 8.84. The van der Waals surface area contributed by atoms with Gasteiger partial charge >= 0.3 is 0 Å². The van der Waals surface area contributed by atoms with Crippen molar-refractivity contribution in [3.8, 4) is 0 Å². The zero-order chi connectivity index (χ0) is 11.5. The highest BCUT2D eigenvalue weighted by Gasteiger charge is 2.06. The van der Waals surface area contributed by atoms with Gasteiger partial charge in [-0.25, -0.2) is 8.42 Å². The highest BCUT2D eigenvalue weighted by atomic mass is 32.2. The summed E-state index contributed by atoms with van der Waals surface area (Å²) >= 11 is 4.14. The van der Waals surface area contributed by atoms with E-state index < -0.39 is 9.84 Å². The number of rotatable bonds is 4. The standard InChI is InChI=1S/C10H15NO2S2/c1-11(8-14)7-9-3-5-10(6-4-9)15(2,12)13/h3-6,14H,7-8H2,1-2H3. The van der Waals surface area contributed by atoms with E-state index in [0.29, 0.717) is 10.8 Å². The molecular formula is C10H15NO2S2. The van der Waals surface area contributed by atoms with Crippen molar-refractivity contribution in [3.63, 3.8) is 0 Å². The van der Waals surface area contributed by atoms with E-state index in [9.17, 15) is 8.42 Å². The quantitative estimate of drug-likeness (QED) is 0.644. The third kappa shape index (κ3) is 3.85. The molecule has 0 saturated heterocycles. The molecule has 0 spiro atoms. The Balaban J connectivity index is 2.82. The monoisotopic (exact) mass is 245 g/mol. The van der Waals surface area contributed by atoms with Crippen LogP contribution < -0.4 is 0 Å². The van der Waals surface area contributed by atoms with Crippen molar-refractivity contribution in [2.75, 3.05) is 19.2 Å². The number of nitrogens with zero attached hydrogens (tertiary/aromatic N) is 1. The van der Waals surface area contributed by atoms with Crippen LogP contribution in [0.2, 0.25) is 0 Å². The minimum absolute atomic E-state index is 0.361. The molecule has 0 N–H and O–H groups in total. The van der Waals surface area contributed by atoms with Gasteiger partial charge in [-0.2, -0.15) is 12.6 Å². The van der Waals surface area contributed by atoms with Crippen LogP contribution in [-0.4, -0.2) is 32.5 Å². The maximum atomic E-state index is 11.2. The molecule has 5 heteroatoms. The number of thiol groups is 1. The average Bonchev–Trinajstić information content (AvgIpc) is 2.17. The predicted molar refractivity (Wildman–Crippen MR) is 64.9 cm³/mol. The van der Waals surface area contributed by atoms with E-state index in [0.717, 1.165) is 12.1 Å². The lowest BCUT2D eigenvalue weighted by molar-refractivity contribution is 0.387. The van der Waals surface area contributed by atoms with Crippen molar-refractivity contribution in [3.05, 3.63) is 29.8 Å².